The maximum atomic E-state index is 5.65. The first-order valence-electron chi connectivity index (χ1n) is 6.74. The van der Waals surface area contributed by atoms with Crippen molar-refractivity contribution in [1.82, 2.24) is 4.98 Å². The molecule has 0 aromatic carbocycles. The van der Waals surface area contributed by atoms with Crippen molar-refractivity contribution in [3.63, 3.8) is 0 Å². The van der Waals surface area contributed by atoms with Crippen LogP contribution in [-0.2, 0) is 0 Å². The summed E-state index contributed by atoms with van der Waals surface area (Å²) in [5, 5.41) is 3.40. The van der Waals surface area contributed by atoms with Crippen LogP contribution in [0.1, 0.15) is 39.0 Å². The molecular weight excluding hydrogens is 210 g/mol. The summed E-state index contributed by atoms with van der Waals surface area (Å²) in [6.07, 6.45) is 6.85. The van der Waals surface area contributed by atoms with Crippen LogP contribution in [0.4, 0.5) is 11.6 Å². The van der Waals surface area contributed by atoms with Crippen molar-refractivity contribution in [1.29, 1.82) is 0 Å². The number of nitrogens with two attached hydrogens (primary N) is 1. The highest BCUT2D eigenvalue weighted by molar-refractivity contribution is 5.42. The minimum atomic E-state index is 0.588. The van der Waals surface area contributed by atoms with E-state index in [1.165, 1.54) is 32.1 Å². The Labute approximate surface area is 104 Å². The number of nitrogen functional groups attached to an aromatic ring is 1. The van der Waals surface area contributed by atoms with Gasteiger partial charge in [0.2, 0.25) is 0 Å². The number of hydrogen-bond acceptors (Lipinski definition) is 3. The maximum absolute atomic E-state index is 5.65. The van der Waals surface area contributed by atoms with Crippen molar-refractivity contribution in [3.05, 3.63) is 18.2 Å². The maximum Gasteiger partial charge on any atom is 0.128 e. The molecule has 94 valence electrons. The second kappa shape index (κ2) is 5.89. The number of hydrogen-bond donors (Lipinski definition) is 2. The molecule has 3 N–H and O–H groups in total. The Hall–Kier alpha value is -1.25. The molecule has 0 saturated heterocycles. The molecule has 1 aromatic heterocycles. The molecule has 0 bridgehead atoms. The number of rotatable bonds is 4. The first-order chi connectivity index (χ1) is 8.28. The van der Waals surface area contributed by atoms with Gasteiger partial charge in [-0.3, -0.25) is 0 Å². The van der Waals surface area contributed by atoms with Crippen molar-refractivity contribution in [3.8, 4) is 0 Å². The standard InChI is InChI=1S/C14H23N3/c1-2-11-6-8-12(9-7-11)10-16-14-5-3-4-13(15)17-14/h3-5,11-12H,2,6-10H2,1H3,(H3,15,16,17). The van der Waals surface area contributed by atoms with Gasteiger partial charge in [-0.25, -0.2) is 4.98 Å². The number of aromatic nitrogens is 1. The molecule has 1 fully saturated rings. The van der Waals surface area contributed by atoms with E-state index in [0.717, 1.165) is 24.2 Å². The van der Waals surface area contributed by atoms with Gasteiger partial charge < -0.3 is 11.1 Å². The van der Waals surface area contributed by atoms with Gasteiger partial charge in [-0.1, -0.05) is 32.3 Å². The lowest BCUT2D eigenvalue weighted by Gasteiger charge is -2.27. The van der Waals surface area contributed by atoms with Crippen LogP contribution in [0.25, 0.3) is 0 Å². The molecule has 0 spiro atoms. The molecule has 0 aliphatic heterocycles. The van der Waals surface area contributed by atoms with Gasteiger partial charge in [0.1, 0.15) is 11.6 Å². The molecule has 0 radical (unpaired) electrons. The van der Waals surface area contributed by atoms with Gasteiger partial charge >= 0.3 is 0 Å². The number of nitrogens with zero attached hydrogens (tertiary/aromatic N) is 1. The first-order valence-corrected chi connectivity index (χ1v) is 6.74. The number of pyridine rings is 1. The summed E-state index contributed by atoms with van der Waals surface area (Å²) in [5.41, 5.74) is 5.65. The van der Waals surface area contributed by atoms with E-state index in [2.05, 4.69) is 17.2 Å². The Morgan fingerprint density at radius 3 is 2.59 bits per heavy atom. The Morgan fingerprint density at radius 1 is 1.24 bits per heavy atom. The lowest BCUT2D eigenvalue weighted by atomic mass is 9.81. The zero-order chi connectivity index (χ0) is 12.1. The Morgan fingerprint density at radius 2 is 1.94 bits per heavy atom. The lowest BCUT2D eigenvalue weighted by Crippen LogP contribution is -2.21. The van der Waals surface area contributed by atoms with Gasteiger partial charge in [-0.05, 0) is 36.8 Å². The Bertz CT molecular complexity index is 343. The predicted molar refractivity (Wildman–Crippen MR) is 72.9 cm³/mol. The van der Waals surface area contributed by atoms with Gasteiger partial charge in [-0.2, -0.15) is 0 Å². The Balaban J connectivity index is 1.76. The highest BCUT2D eigenvalue weighted by Crippen LogP contribution is 2.30. The van der Waals surface area contributed by atoms with Gasteiger partial charge in [0.05, 0.1) is 0 Å². The number of anilines is 2. The summed E-state index contributed by atoms with van der Waals surface area (Å²) >= 11 is 0. The van der Waals surface area contributed by atoms with Gasteiger partial charge in [0.25, 0.3) is 0 Å². The summed E-state index contributed by atoms with van der Waals surface area (Å²) < 4.78 is 0. The normalized spacial score (nSPS) is 24.5. The molecular formula is C14H23N3. The summed E-state index contributed by atoms with van der Waals surface area (Å²) in [7, 11) is 0. The average molecular weight is 233 g/mol. The van der Waals surface area contributed by atoms with Crippen LogP contribution < -0.4 is 11.1 Å². The van der Waals surface area contributed by atoms with Crippen molar-refractivity contribution in [2.75, 3.05) is 17.6 Å². The molecule has 3 nitrogen and oxygen atoms in total. The average Bonchev–Trinajstić information content (AvgIpc) is 2.37. The fourth-order valence-electron chi connectivity index (χ4n) is 2.64. The summed E-state index contributed by atoms with van der Waals surface area (Å²) in [6.45, 7) is 3.34. The van der Waals surface area contributed by atoms with Crippen LogP contribution in [0.3, 0.4) is 0 Å². The quantitative estimate of drug-likeness (QED) is 0.839. The fraction of sp³-hybridized carbons (Fsp3) is 0.643. The molecule has 17 heavy (non-hydrogen) atoms. The van der Waals surface area contributed by atoms with Gasteiger partial charge in [-0.15, -0.1) is 0 Å². The van der Waals surface area contributed by atoms with E-state index < -0.39 is 0 Å². The summed E-state index contributed by atoms with van der Waals surface area (Å²) in [6, 6.07) is 5.74. The van der Waals surface area contributed by atoms with Crippen LogP contribution in [-0.4, -0.2) is 11.5 Å². The van der Waals surface area contributed by atoms with Crippen LogP contribution in [0.2, 0.25) is 0 Å². The van der Waals surface area contributed by atoms with Crippen LogP contribution in [0, 0.1) is 11.8 Å². The van der Waals surface area contributed by atoms with E-state index in [-0.39, 0.29) is 0 Å². The predicted octanol–water partition coefficient (Wildman–Crippen LogP) is 3.29. The first kappa shape index (κ1) is 12.2. The SMILES string of the molecule is CCC1CCC(CNc2cccc(N)n2)CC1. The van der Waals surface area contributed by atoms with Gasteiger partial charge in [0, 0.05) is 6.54 Å². The third-order valence-corrected chi connectivity index (χ3v) is 3.89. The monoisotopic (exact) mass is 233 g/mol. The van der Waals surface area contributed by atoms with Crippen LogP contribution >= 0.6 is 0 Å². The van der Waals surface area contributed by atoms with Crippen molar-refractivity contribution in [2.24, 2.45) is 11.8 Å². The fourth-order valence-corrected chi connectivity index (χ4v) is 2.64. The minimum Gasteiger partial charge on any atom is -0.384 e. The molecule has 1 aliphatic carbocycles. The van der Waals surface area contributed by atoms with Crippen LogP contribution in [0.15, 0.2) is 18.2 Å². The van der Waals surface area contributed by atoms with E-state index in [1.807, 2.05) is 18.2 Å². The van der Waals surface area contributed by atoms with E-state index in [9.17, 15) is 0 Å². The zero-order valence-electron chi connectivity index (χ0n) is 10.7. The molecule has 0 amide bonds. The summed E-state index contributed by atoms with van der Waals surface area (Å²) in [5.74, 6) is 3.27. The number of nitrogens with one attached hydrogen (secondary N) is 1. The van der Waals surface area contributed by atoms with Crippen molar-refractivity contribution >= 4 is 11.6 Å². The second-order valence-corrected chi connectivity index (χ2v) is 5.12. The highest BCUT2D eigenvalue weighted by Gasteiger charge is 2.19. The third kappa shape index (κ3) is 3.62. The molecule has 1 aliphatic rings. The topological polar surface area (TPSA) is 50.9 Å². The molecule has 3 heteroatoms. The lowest BCUT2D eigenvalue weighted by molar-refractivity contribution is 0.278. The van der Waals surface area contributed by atoms with Crippen LogP contribution in [0.5, 0.6) is 0 Å². The molecule has 1 heterocycles. The van der Waals surface area contributed by atoms with Crippen molar-refractivity contribution in [2.45, 2.75) is 39.0 Å². The zero-order valence-corrected chi connectivity index (χ0v) is 10.7. The molecule has 2 rings (SSSR count). The second-order valence-electron chi connectivity index (χ2n) is 5.12. The largest absolute Gasteiger partial charge is 0.384 e. The van der Waals surface area contributed by atoms with Gasteiger partial charge in [0.15, 0.2) is 0 Å². The molecule has 0 atom stereocenters. The minimum absolute atomic E-state index is 0.588. The Kier molecular flexibility index (Phi) is 4.24. The highest BCUT2D eigenvalue weighted by atomic mass is 15.0. The molecule has 1 saturated carbocycles. The molecule has 1 aromatic rings. The van der Waals surface area contributed by atoms with Crippen molar-refractivity contribution < 1.29 is 0 Å². The third-order valence-electron chi connectivity index (χ3n) is 3.89. The summed E-state index contributed by atoms with van der Waals surface area (Å²) in [4.78, 5) is 4.26. The smallest absolute Gasteiger partial charge is 0.128 e. The van der Waals surface area contributed by atoms with E-state index in [4.69, 9.17) is 5.73 Å². The van der Waals surface area contributed by atoms with E-state index in [1.54, 1.807) is 0 Å². The van der Waals surface area contributed by atoms with E-state index in [0.29, 0.717) is 5.82 Å². The molecule has 0 unspecified atom stereocenters. The van der Waals surface area contributed by atoms with E-state index >= 15 is 0 Å².